The van der Waals surface area contributed by atoms with Gasteiger partial charge in [0.05, 0.1) is 5.69 Å². The zero-order valence-electron chi connectivity index (χ0n) is 18.0. The van der Waals surface area contributed by atoms with Gasteiger partial charge in [-0.3, -0.25) is 9.59 Å². The maximum atomic E-state index is 12.8. The van der Waals surface area contributed by atoms with Crippen LogP contribution < -0.4 is 10.2 Å². The lowest BCUT2D eigenvalue weighted by Gasteiger charge is -2.33. The number of rotatable bonds is 4. The van der Waals surface area contributed by atoms with E-state index in [0.29, 0.717) is 6.54 Å². The molecule has 1 fully saturated rings. The molecule has 1 atom stereocenters. The molecule has 2 amide bonds. The third-order valence-corrected chi connectivity index (χ3v) is 7.51. The van der Waals surface area contributed by atoms with Crippen LogP contribution >= 0.6 is 11.3 Å². The zero-order chi connectivity index (χ0) is 21.3. The topological polar surface area (TPSA) is 65.5 Å². The molecule has 7 heteroatoms. The second-order valence-corrected chi connectivity index (χ2v) is 9.50. The molecule has 2 aliphatic rings. The van der Waals surface area contributed by atoms with Gasteiger partial charge in [0.25, 0.3) is 0 Å². The van der Waals surface area contributed by atoms with E-state index in [-0.39, 0.29) is 17.7 Å². The summed E-state index contributed by atoms with van der Waals surface area (Å²) in [4.78, 5) is 34.6. The Bertz CT molecular complexity index is 947. The molecule has 1 aromatic heterocycles. The summed E-state index contributed by atoms with van der Waals surface area (Å²) in [5.74, 6) is 0.304. The fourth-order valence-corrected chi connectivity index (χ4v) is 5.42. The molecule has 1 aliphatic carbocycles. The minimum Gasteiger partial charge on any atom is -0.352 e. The molecule has 0 spiro atoms. The predicted octanol–water partition coefficient (Wildman–Crippen LogP) is 2.85. The minimum atomic E-state index is 0.0203. The van der Waals surface area contributed by atoms with Crippen molar-refractivity contribution in [2.75, 3.05) is 31.1 Å². The average molecular weight is 427 g/mol. The molecular weight excluding hydrogens is 396 g/mol. The quantitative estimate of drug-likeness (QED) is 0.817. The first-order valence-electron chi connectivity index (χ1n) is 10.7. The summed E-state index contributed by atoms with van der Waals surface area (Å²) in [6.45, 7) is 9.57. The van der Waals surface area contributed by atoms with E-state index in [0.717, 1.165) is 61.8 Å². The van der Waals surface area contributed by atoms with Gasteiger partial charge in [-0.15, -0.1) is 11.3 Å². The van der Waals surface area contributed by atoms with Crippen molar-refractivity contribution < 1.29 is 9.59 Å². The molecule has 1 aromatic carbocycles. The number of hydrogen-bond acceptors (Lipinski definition) is 5. The molecule has 6 nitrogen and oxygen atoms in total. The Balaban J connectivity index is 1.34. The lowest BCUT2D eigenvalue weighted by atomic mass is 9.90. The standard InChI is InChI=1S/C23H30N4O2S/c1-15-4-5-18(12-16(15)2)14-24-22(29)19-6-7-20-21(13-19)30-23(25-20)27-10-8-26(9-11-27)17(3)28/h4-5,12,19H,6-11,13-14H2,1-3H3,(H,24,29). The van der Waals surface area contributed by atoms with Crippen LogP contribution in [0, 0.1) is 19.8 Å². The van der Waals surface area contributed by atoms with E-state index < -0.39 is 0 Å². The van der Waals surface area contributed by atoms with Gasteiger partial charge in [0.15, 0.2) is 5.13 Å². The van der Waals surface area contributed by atoms with Crippen LogP contribution in [0.3, 0.4) is 0 Å². The Hall–Kier alpha value is -2.41. The number of carbonyl (C=O) groups excluding carboxylic acids is 2. The largest absolute Gasteiger partial charge is 0.352 e. The number of carbonyl (C=O) groups is 2. The molecule has 2 heterocycles. The number of aryl methyl sites for hydroxylation is 3. The van der Waals surface area contributed by atoms with E-state index in [1.54, 1.807) is 18.3 Å². The number of nitrogens with zero attached hydrogens (tertiary/aromatic N) is 3. The van der Waals surface area contributed by atoms with Crippen molar-refractivity contribution in [1.82, 2.24) is 15.2 Å². The lowest BCUT2D eigenvalue weighted by molar-refractivity contribution is -0.129. The van der Waals surface area contributed by atoms with Gasteiger partial charge in [-0.25, -0.2) is 4.98 Å². The molecule has 2 aromatic rings. The van der Waals surface area contributed by atoms with Crippen LogP contribution in [0.1, 0.15) is 40.6 Å². The van der Waals surface area contributed by atoms with Crippen LogP contribution in [0.15, 0.2) is 18.2 Å². The van der Waals surface area contributed by atoms with E-state index in [9.17, 15) is 9.59 Å². The number of piperazine rings is 1. The Labute approximate surface area is 182 Å². The number of nitrogens with one attached hydrogen (secondary N) is 1. The number of amides is 2. The molecule has 1 aliphatic heterocycles. The molecule has 0 bridgehead atoms. The van der Waals surface area contributed by atoms with E-state index >= 15 is 0 Å². The Morgan fingerprint density at radius 2 is 1.93 bits per heavy atom. The molecule has 1 saturated heterocycles. The summed E-state index contributed by atoms with van der Waals surface area (Å²) >= 11 is 1.72. The van der Waals surface area contributed by atoms with E-state index in [4.69, 9.17) is 4.98 Å². The number of thiazole rings is 1. The lowest BCUT2D eigenvalue weighted by Crippen LogP contribution is -2.48. The predicted molar refractivity (Wildman–Crippen MR) is 120 cm³/mol. The van der Waals surface area contributed by atoms with Crippen molar-refractivity contribution in [2.45, 2.75) is 46.6 Å². The first-order chi connectivity index (χ1) is 14.4. The van der Waals surface area contributed by atoms with Gasteiger partial charge in [0.2, 0.25) is 11.8 Å². The highest BCUT2D eigenvalue weighted by atomic mass is 32.1. The number of aromatic nitrogens is 1. The fourth-order valence-electron chi connectivity index (χ4n) is 4.18. The summed E-state index contributed by atoms with van der Waals surface area (Å²) in [6.07, 6.45) is 2.49. The normalized spacial score (nSPS) is 18.8. The van der Waals surface area contributed by atoms with E-state index in [1.807, 2.05) is 4.90 Å². The maximum absolute atomic E-state index is 12.8. The number of benzene rings is 1. The van der Waals surface area contributed by atoms with Crippen LogP contribution in [-0.2, 0) is 29.0 Å². The Kier molecular flexibility index (Phi) is 6.09. The Morgan fingerprint density at radius 1 is 1.17 bits per heavy atom. The molecule has 1 unspecified atom stereocenters. The minimum absolute atomic E-state index is 0.0203. The van der Waals surface area contributed by atoms with Gasteiger partial charge in [-0.2, -0.15) is 0 Å². The summed E-state index contributed by atoms with van der Waals surface area (Å²) in [5.41, 5.74) is 4.83. The first-order valence-corrected chi connectivity index (χ1v) is 11.5. The molecule has 160 valence electrons. The first kappa shape index (κ1) is 20.8. The van der Waals surface area contributed by atoms with Crippen molar-refractivity contribution in [3.05, 3.63) is 45.5 Å². The summed E-state index contributed by atoms with van der Waals surface area (Å²) < 4.78 is 0. The van der Waals surface area contributed by atoms with E-state index in [2.05, 4.69) is 42.3 Å². The Morgan fingerprint density at radius 3 is 2.63 bits per heavy atom. The molecule has 0 saturated carbocycles. The van der Waals surface area contributed by atoms with Crippen LogP contribution in [0.5, 0.6) is 0 Å². The fraction of sp³-hybridized carbons (Fsp3) is 0.522. The number of anilines is 1. The average Bonchev–Trinajstić information content (AvgIpc) is 3.17. The van der Waals surface area contributed by atoms with Crippen LogP contribution in [0.2, 0.25) is 0 Å². The monoisotopic (exact) mass is 426 g/mol. The van der Waals surface area contributed by atoms with Crippen molar-refractivity contribution in [3.63, 3.8) is 0 Å². The van der Waals surface area contributed by atoms with Crippen LogP contribution in [-0.4, -0.2) is 47.9 Å². The summed E-state index contributed by atoms with van der Waals surface area (Å²) in [5, 5.41) is 4.17. The highest BCUT2D eigenvalue weighted by Crippen LogP contribution is 2.34. The molecular formula is C23H30N4O2S. The van der Waals surface area contributed by atoms with Gasteiger partial charge >= 0.3 is 0 Å². The zero-order valence-corrected chi connectivity index (χ0v) is 18.8. The second kappa shape index (κ2) is 8.76. The van der Waals surface area contributed by atoms with Crippen molar-refractivity contribution in [1.29, 1.82) is 0 Å². The van der Waals surface area contributed by atoms with Gasteiger partial charge in [-0.1, -0.05) is 18.2 Å². The van der Waals surface area contributed by atoms with Gasteiger partial charge in [0.1, 0.15) is 0 Å². The van der Waals surface area contributed by atoms with Crippen molar-refractivity contribution in [3.8, 4) is 0 Å². The summed E-state index contributed by atoms with van der Waals surface area (Å²) in [7, 11) is 0. The highest BCUT2D eigenvalue weighted by Gasteiger charge is 2.29. The van der Waals surface area contributed by atoms with Crippen LogP contribution in [0.4, 0.5) is 5.13 Å². The number of fused-ring (bicyclic) bond motifs is 1. The van der Waals surface area contributed by atoms with Crippen molar-refractivity contribution in [2.24, 2.45) is 5.92 Å². The molecule has 0 radical (unpaired) electrons. The van der Waals surface area contributed by atoms with Crippen LogP contribution in [0.25, 0.3) is 0 Å². The third kappa shape index (κ3) is 4.51. The molecule has 30 heavy (non-hydrogen) atoms. The SMILES string of the molecule is CC(=O)N1CCN(c2nc3c(s2)CC(C(=O)NCc2ccc(C)c(C)c2)CC3)CC1. The number of hydrogen-bond donors (Lipinski definition) is 1. The third-order valence-electron chi connectivity index (χ3n) is 6.33. The van der Waals surface area contributed by atoms with E-state index in [1.165, 1.54) is 16.0 Å². The smallest absolute Gasteiger partial charge is 0.223 e. The molecule has 1 N–H and O–H groups in total. The maximum Gasteiger partial charge on any atom is 0.223 e. The van der Waals surface area contributed by atoms with Crippen molar-refractivity contribution >= 4 is 28.3 Å². The molecule has 4 rings (SSSR count). The van der Waals surface area contributed by atoms with Gasteiger partial charge in [-0.05, 0) is 49.8 Å². The van der Waals surface area contributed by atoms with Gasteiger partial charge < -0.3 is 15.1 Å². The highest BCUT2D eigenvalue weighted by molar-refractivity contribution is 7.15. The second-order valence-electron chi connectivity index (χ2n) is 8.44. The summed E-state index contributed by atoms with van der Waals surface area (Å²) in [6, 6.07) is 6.34. The van der Waals surface area contributed by atoms with Gasteiger partial charge in [0, 0.05) is 50.4 Å².